The van der Waals surface area contributed by atoms with Crippen molar-refractivity contribution in [3.8, 4) is 0 Å². The Kier molecular flexibility index (Phi) is 4.36. The van der Waals surface area contributed by atoms with Crippen molar-refractivity contribution < 1.29 is 4.79 Å². The average molecular weight is 250 g/mol. The number of aromatic nitrogens is 2. The first kappa shape index (κ1) is 13.1. The smallest absolute Gasteiger partial charge is 0.221 e. The zero-order valence-electron chi connectivity index (χ0n) is 11.1. The molecule has 5 nitrogen and oxygen atoms in total. The molecule has 2 unspecified atom stereocenters. The highest BCUT2D eigenvalue weighted by Gasteiger charge is 2.22. The third kappa shape index (κ3) is 3.57. The summed E-state index contributed by atoms with van der Waals surface area (Å²) in [6, 6.07) is 0.327. The summed E-state index contributed by atoms with van der Waals surface area (Å²) in [4.78, 5) is 11.9. The number of nitrogens with one attached hydrogen (secondary N) is 2. The molecule has 2 rings (SSSR count). The molecule has 1 aromatic heterocycles. The maximum Gasteiger partial charge on any atom is 0.221 e. The van der Waals surface area contributed by atoms with Gasteiger partial charge in [0.1, 0.15) is 0 Å². The van der Waals surface area contributed by atoms with Crippen LogP contribution in [0.25, 0.3) is 0 Å². The van der Waals surface area contributed by atoms with Gasteiger partial charge in [0, 0.05) is 37.8 Å². The lowest BCUT2D eigenvalue weighted by Crippen LogP contribution is -2.43. The van der Waals surface area contributed by atoms with Crippen molar-refractivity contribution in [3.05, 3.63) is 18.0 Å². The second-order valence-corrected chi connectivity index (χ2v) is 5.18. The van der Waals surface area contributed by atoms with E-state index >= 15 is 0 Å². The predicted molar refractivity (Wildman–Crippen MR) is 69.9 cm³/mol. The van der Waals surface area contributed by atoms with Gasteiger partial charge >= 0.3 is 0 Å². The van der Waals surface area contributed by atoms with E-state index in [0.717, 1.165) is 12.1 Å². The molecule has 2 N–H and O–H groups in total. The van der Waals surface area contributed by atoms with E-state index in [1.54, 1.807) is 10.9 Å². The standard InChI is InChI=1S/C13H22N4O/c1-10-4-3-5-14-12(10)6-13(18)15-7-11-8-16-17(2)9-11/h8-10,12,14H,3-7H2,1-2H3,(H,15,18). The first-order valence-electron chi connectivity index (χ1n) is 6.63. The molecule has 0 aliphatic carbocycles. The molecular weight excluding hydrogens is 228 g/mol. The quantitative estimate of drug-likeness (QED) is 0.831. The molecular formula is C13H22N4O. The molecule has 2 heterocycles. The fraction of sp³-hybridized carbons (Fsp3) is 0.692. The second kappa shape index (κ2) is 6.00. The summed E-state index contributed by atoms with van der Waals surface area (Å²) in [5.41, 5.74) is 1.04. The molecule has 1 amide bonds. The van der Waals surface area contributed by atoms with Gasteiger partial charge < -0.3 is 10.6 Å². The fourth-order valence-electron chi connectivity index (χ4n) is 2.42. The van der Waals surface area contributed by atoms with E-state index in [1.807, 2.05) is 13.2 Å². The largest absolute Gasteiger partial charge is 0.352 e. The Morgan fingerprint density at radius 3 is 3.17 bits per heavy atom. The van der Waals surface area contributed by atoms with Crippen LogP contribution in [0.2, 0.25) is 0 Å². The summed E-state index contributed by atoms with van der Waals surface area (Å²) >= 11 is 0. The lowest BCUT2D eigenvalue weighted by Gasteiger charge is -2.29. The van der Waals surface area contributed by atoms with Gasteiger partial charge in [-0.1, -0.05) is 6.92 Å². The lowest BCUT2D eigenvalue weighted by atomic mass is 9.90. The Balaban J connectivity index is 1.74. The van der Waals surface area contributed by atoms with Crippen molar-refractivity contribution in [1.29, 1.82) is 0 Å². The number of rotatable bonds is 4. The van der Waals surface area contributed by atoms with Crippen LogP contribution >= 0.6 is 0 Å². The number of hydrogen-bond donors (Lipinski definition) is 2. The monoisotopic (exact) mass is 250 g/mol. The summed E-state index contributed by atoms with van der Waals surface area (Å²) in [7, 11) is 1.87. The van der Waals surface area contributed by atoms with Crippen LogP contribution in [0.15, 0.2) is 12.4 Å². The molecule has 5 heteroatoms. The molecule has 0 radical (unpaired) electrons. The minimum atomic E-state index is 0.116. The van der Waals surface area contributed by atoms with E-state index in [4.69, 9.17) is 0 Å². The summed E-state index contributed by atoms with van der Waals surface area (Å²) < 4.78 is 1.74. The number of hydrogen-bond acceptors (Lipinski definition) is 3. The summed E-state index contributed by atoms with van der Waals surface area (Å²) in [5, 5.41) is 10.4. The van der Waals surface area contributed by atoms with Crippen molar-refractivity contribution >= 4 is 5.91 Å². The number of nitrogens with zero attached hydrogens (tertiary/aromatic N) is 2. The Bertz CT molecular complexity index is 401. The SMILES string of the molecule is CC1CCCNC1CC(=O)NCc1cnn(C)c1. The van der Waals surface area contributed by atoms with Crippen molar-refractivity contribution in [2.45, 2.75) is 38.8 Å². The topological polar surface area (TPSA) is 59.0 Å². The number of amides is 1. The minimum Gasteiger partial charge on any atom is -0.352 e. The molecule has 1 fully saturated rings. The Hall–Kier alpha value is -1.36. The molecule has 100 valence electrons. The van der Waals surface area contributed by atoms with Crippen molar-refractivity contribution in [2.24, 2.45) is 13.0 Å². The number of carbonyl (C=O) groups excluding carboxylic acids is 1. The van der Waals surface area contributed by atoms with Gasteiger partial charge in [0.15, 0.2) is 0 Å². The average Bonchev–Trinajstić information content (AvgIpc) is 2.76. The van der Waals surface area contributed by atoms with Crippen LogP contribution in [-0.4, -0.2) is 28.3 Å². The van der Waals surface area contributed by atoms with Gasteiger partial charge in [-0.15, -0.1) is 0 Å². The van der Waals surface area contributed by atoms with Crippen molar-refractivity contribution in [2.75, 3.05) is 6.54 Å². The maximum absolute atomic E-state index is 11.9. The van der Waals surface area contributed by atoms with E-state index in [1.165, 1.54) is 12.8 Å². The third-order valence-corrected chi connectivity index (χ3v) is 3.58. The Morgan fingerprint density at radius 2 is 2.50 bits per heavy atom. The molecule has 1 aliphatic rings. The summed E-state index contributed by atoms with van der Waals surface area (Å²) in [6.45, 7) is 3.81. The number of aryl methyl sites for hydroxylation is 1. The Morgan fingerprint density at radius 1 is 1.67 bits per heavy atom. The van der Waals surface area contributed by atoms with Crippen molar-refractivity contribution in [1.82, 2.24) is 20.4 Å². The van der Waals surface area contributed by atoms with E-state index in [-0.39, 0.29) is 5.91 Å². The van der Waals surface area contributed by atoms with Crippen LogP contribution in [-0.2, 0) is 18.4 Å². The third-order valence-electron chi connectivity index (χ3n) is 3.58. The van der Waals surface area contributed by atoms with Crippen LogP contribution < -0.4 is 10.6 Å². The van der Waals surface area contributed by atoms with Crippen LogP contribution in [0.3, 0.4) is 0 Å². The van der Waals surface area contributed by atoms with E-state index in [9.17, 15) is 4.79 Å². The molecule has 1 aromatic rings. The van der Waals surface area contributed by atoms with Crippen LogP contribution in [0.5, 0.6) is 0 Å². The highest BCUT2D eigenvalue weighted by atomic mass is 16.1. The normalized spacial score (nSPS) is 23.9. The van der Waals surface area contributed by atoms with Gasteiger partial charge in [0.2, 0.25) is 5.91 Å². The predicted octanol–water partition coefficient (Wildman–Crippen LogP) is 0.814. The number of piperidine rings is 1. The molecule has 0 spiro atoms. The fourth-order valence-corrected chi connectivity index (χ4v) is 2.42. The van der Waals surface area contributed by atoms with Gasteiger partial charge in [-0.25, -0.2) is 0 Å². The first-order valence-corrected chi connectivity index (χ1v) is 6.63. The zero-order valence-corrected chi connectivity index (χ0v) is 11.1. The van der Waals surface area contributed by atoms with Crippen LogP contribution in [0, 0.1) is 5.92 Å². The minimum absolute atomic E-state index is 0.116. The van der Waals surface area contributed by atoms with Crippen molar-refractivity contribution in [3.63, 3.8) is 0 Å². The van der Waals surface area contributed by atoms with Gasteiger partial charge in [0.25, 0.3) is 0 Å². The summed E-state index contributed by atoms with van der Waals surface area (Å²) in [5.74, 6) is 0.702. The van der Waals surface area contributed by atoms with E-state index < -0.39 is 0 Å². The van der Waals surface area contributed by atoms with Gasteiger partial charge in [-0.2, -0.15) is 5.10 Å². The molecule has 1 saturated heterocycles. The lowest BCUT2D eigenvalue weighted by molar-refractivity contribution is -0.122. The van der Waals surface area contributed by atoms with E-state index in [2.05, 4.69) is 22.7 Å². The molecule has 0 aromatic carbocycles. The van der Waals surface area contributed by atoms with Gasteiger partial charge in [-0.05, 0) is 25.3 Å². The van der Waals surface area contributed by atoms with Crippen LogP contribution in [0.4, 0.5) is 0 Å². The van der Waals surface area contributed by atoms with Crippen LogP contribution in [0.1, 0.15) is 31.7 Å². The second-order valence-electron chi connectivity index (χ2n) is 5.18. The summed E-state index contributed by atoms with van der Waals surface area (Å²) in [6.07, 6.45) is 6.70. The maximum atomic E-state index is 11.9. The molecule has 2 atom stereocenters. The number of carbonyl (C=O) groups is 1. The molecule has 18 heavy (non-hydrogen) atoms. The zero-order chi connectivity index (χ0) is 13.0. The molecule has 1 aliphatic heterocycles. The van der Waals surface area contributed by atoms with Gasteiger partial charge in [-0.3, -0.25) is 9.48 Å². The highest BCUT2D eigenvalue weighted by molar-refractivity contribution is 5.76. The first-order chi connectivity index (χ1) is 8.65. The Labute approximate surface area is 108 Å². The van der Waals surface area contributed by atoms with Gasteiger partial charge in [0.05, 0.1) is 6.20 Å². The molecule has 0 bridgehead atoms. The highest BCUT2D eigenvalue weighted by Crippen LogP contribution is 2.17. The van der Waals surface area contributed by atoms with E-state index in [0.29, 0.717) is 24.9 Å². The molecule has 0 saturated carbocycles.